The van der Waals surface area contributed by atoms with Gasteiger partial charge in [0.25, 0.3) is 0 Å². The van der Waals surface area contributed by atoms with Crippen molar-refractivity contribution in [2.24, 2.45) is 0 Å². The summed E-state index contributed by atoms with van der Waals surface area (Å²) in [4.78, 5) is 0. The van der Waals surface area contributed by atoms with Crippen LogP contribution in [0.3, 0.4) is 0 Å². The summed E-state index contributed by atoms with van der Waals surface area (Å²) in [6.07, 6.45) is 6.43. The van der Waals surface area contributed by atoms with Crippen LogP contribution in [-0.4, -0.2) is 10.4 Å². The van der Waals surface area contributed by atoms with E-state index < -0.39 is 0 Å². The van der Waals surface area contributed by atoms with Crippen LogP contribution in [0.4, 0.5) is 0 Å². The molecule has 1 saturated carbocycles. The molecular weight excluding hydrogens is 288 g/mol. The van der Waals surface area contributed by atoms with Gasteiger partial charge in [0.2, 0.25) is 0 Å². The van der Waals surface area contributed by atoms with Gasteiger partial charge >= 0.3 is 0 Å². The minimum atomic E-state index is -0.00793. The molecular formula is C20H32OS. The molecule has 1 fully saturated rings. The van der Waals surface area contributed by atoms with Crippen molar-refractivity contribution in [1.29, 1.82) is 0 Å². The molecule has 1 nitrogen and oxygen atoms in total. The summed E-state index contributed by atoms with van der Waals surface area (Å²) in [7, 11) is 0. The van der Waals surface area contributed by atoms with Gasteiger partial charge in [0.1, 0.15) is 5.75 Å². The predicted octanol–water partition coefficient (Wildman–Crippen LogP) is 6.38. The lowest BCUT2D eigenvalue weighted by Crippen LogP contribution is -2.14. The van der Waals surface area contributed by atoms with Crippen LogP contribution in [0.5, 0.6) is 5.75 Å². The molecule has 1 N–H and O–H groups in total. The summed E-state index contributed by atoms with van der Waals surface area (Å²) in [5, 5.41) is 11.5. The molecule has 0 atom stereocenters. The molecule has 1 aliphatic rings. The number of aromatic hydroxyl groups is 1. The molecule has 0 amide bonds. The Labute approximate surface area is 140 Å². The molecule has 0 saturated heterocycles. The van der Waals surface area contributed by atoms with Crippen molar-refractivity contribution in [1.82, 2.24) is 0 Å². The van der Waals surface area contributed by atoms with Gasteiger partial charge in [-0.3, -0.25) is 0 Å². The molecule has 0 aliphatic heterocycles. The van der Waals surface area contributed by atoms with Crippen LogP contribution >= 0.6 is 11.8 Å². The summed E-state index contributed by atoms with van der Waals surface area (Å²) in [5.41, 5.74) is 3.70. The number of phenols is 1. The molecule has 0 heterocycles. The van der Waals surface area contributed by atoms with Crippen LogP contribution < -0.4 is 0 Å². The quantitative estimate of drug-likeness (QED) is 0.694. The zero-order valence-electron chi connectivity index (χ0n) is 14.9. The number of rotatable bonds is 4. The number of benzene rings is 1. The maximum absolute atomic E-state index is 10.9. The summed E-state index contributed by atoms with van der Waals surface area (Å²) in [6, 6.07) is 4.52. The fourth-order valence-electron chi connectivity index (χ4n) is 3.36. The monoisotopic (exact) mass is 320 g/mol. The van der Waals surface area contributed by atoms with E-state index in [0.717, 1.165) is 11.3 Å². The fourth-order valence-corrected chi connectivity index (χ4v) is 4.05. The number of phenolic OH excluding ortho intramolecular Hbond substituents is 1. The molecule has 1 aromatic carbocycles. The molecule has 124 valence electrons. The third-order valence-corrected chi connectivity index (χ3v) is 5.80. The first-order valence-electron chi connectivity index (χ1n) is 8.77. The summed E-state index contributed by atoms with van der Waals surface area (Å²) >= 11 is 1.98. The van der Waals surface area contributed by atoms with Crippen LogP contribution in [0.15, 0.2) is 12.1 Å². The average molecular weight is 321 g/mol. The van der Waals surface area contributed by atoms with Crippen molar-refractivity contribution < 1.29 is 5.11 Å². The van der Waals surface area contributed by atoms with Gasteiger partial charge in [-0.25, -0.2) is 0 Å². The standard InChI is InChI=1S/C20H32OS/c1-14(2)22-13-15-11-17(16-9-7-6-8-10-16)19(21)18(12-15)20(3,4)5/h11-12,14,16,21H,6-10,13H2,1-5H3. The molecule has 2 heteroatoms. The summed E-state index contributed by atoms with van der Waals surface area (Å²) in [5.74, 6) is 2.16. The molecule has 0 unspecified atom stereocenters. The maximum Gasteiger partial charge on any atom is 0.122 e. The second kappa shape index (κ2) is 7.29. The second-order valence-corrected chi connectivity index (χ2v) is 9.59. The van der Waals surface area contributed by atoms with Crippen molar-refractivity contribution in [2.75, 3.05) is 0 Å². The first-order chi connectivity index (χ1) is 10.3. The molecule has 2 rings (SSSR count). The van der Waals surface area contributed by atoms with Crippen molar-refractivity contribution in [2.45, 2.75) is 89.1 Å². The largest absolute Gasteiger partial charge is 0.507 e. The van der Waals surface area contributed by atoms with Gasteiger partial charge in [0, 0.05) is 5.75 Å². The van der Waals surface area contributed by atoms with Crippen LogP contribution in [0.2, 0.25) is 0 Å². The summed E-state index contributed by atoms with van der Waals surface area (Å²) in [6.45, 7) is 11.1. The van der Waals surface area contributed by atoms with Gasteiger partial charge in [-0.05, 0) is 46.1 Å². The predicted molar refractivity (Wildman–Crippen MR) is 99.1 cm³/mol. The first kappa shape index (κ1) is 17.7. The average Bonchev–Trinajstić information content (AvgIpc) is 2.45. The Kier molecular flexibility index (Phi) is 5.87. The number of hydrogen-bond acceptors (Lipinski definition) is 2. The minimum absolute atomic E-state index is 0.00793. The Morgan fingerprint density at radius 2 is 1.77 bits per heavy atom. The second-order valence-electron chi connectivity index (χ2n) is 8.03. The third-order valence-electron chi connectivity index (χ3n) is 4.64. The van der Waals surface area contributed by atoms with Crippen molar-refractivity contribution in [3.63, 3.8) is 0 Å². The van der Waals surface area contributed by atoms with Gasteiger partial charge in [0.15, 0.2) is 0 Å². The highest BCUT2D eigenvalue weighted by Crippen LogP contribution is 2.43. The molecule has 1 aliphatic carbocycles. The maximum atomic E-state index is 10.9. The Morgan fingerprint density at radius 1 is 1.14 bits per heavy atom. The molecule has 0 aromatic heterocycles. The number of thioether (sulfide) groups is 1. The van der Waals surface area contributed by atoms with Gasteiger partial charge in [0.05, 0.1) is 0 Å². The third kappa shape index (κ3) is 4.44. The lowest BCUT2D eigenvalue weighted by atomic mass is 9.78. The van der Waals surface area contributed by atoms with E-state index in [-0.39, 0.29) is 5.41 Å². The highest BCUT2D eigenvalue weighted by atomic mass is 32.2. The zero-order valence-corrected chi connectivity index (χ0v) is 15.7. The molecule has 0 radical (unpaired) electrons. The highest BCUT2D eigenvalue weighted by Gasteiger charge is 2.25. The Balaban J connectivity index is 2.39. The molecule has 0 spiro atoms. The van der Waals surface area contributed by atoms with E-state index in [0.29, 0.717) is 16.9 Å². The first-order valence-corrected chi connectivity index (χ1v) is 9.81. The van der Waals surface area contributed by atoms with E-state index in [2.05, 4.69) is 46.8 Å². The Hall–Kier alpha value is -0.630. The van der Waals surface area contributed by atoms with E-state index in [4.69, 9.17) is 0 Å². The van der Waals surface area contributed by atoms with E-state index in [1.807, 2.05) is 11.8 Å². The number of hydrogen-bond donors (Lipinski definition) is 1. The van der Waals surface area contributed by atoms with E-state index in [9.17, 15) is 5.11 Å². The normalized spacial score (nSPS) is 17.2. The van der Waals surface area contributed by atoms with Gasteiger partial charge in [-0.1, -0.05) is 66.0 Å². The lowest BCUT2D eigenvalue weighted by Gasteiger charge is -2.28. The molecule has 0 bridgehead atoms. The van der Waals surface area contributed by atoms with Gasteiger partial charge in [-0.15, -0.1) is 0 Å². The SMILES string of the molecule is CC(C)SCc1cc(C2CCCCC2)c(O)c(C(C)(C)C)c1. The molecule has 22 heavy (non-hydrogen) atoms. The van der Waals surface area contributed by atoms with Crippen molar-refractivity contribution >= 4 is 11.8 Å². The van der Waals surface area contributed by atoms with Gasteiger partial charge in [-0.2, -0.15) is 11.8 Å². The van der Waals surface area contributed by atoms with Crippen LogP contribution in [-0.2, 0) is 11.2 Å². The Morgan fingerprint density at radius 3 is 2.32 bits per heavy atom. The minimum Gasteiger partial charge on any atom is -0.507 e. The van der Waals surface area contributed by atoms with Crippen molar-refractivity contribution in [3.8, 4) is 5.75 Å². The van der Waals surface area contributed by atoms with E-state index in [1.54, 1.807) is 0 Å². The van der Waals surface area contributed by atoms with Gasteiger partial charge < -0.3 is 5.11 Å². The van der Waals surface area contributed by atoms with Crippen LogP contribution in [0.1, 0.15) is 89.3 Å². The van der Waals surface area contributed by atoms with E-state index >= 15 is 0 Å². The smallest absolute Gasteiger partial charge is 0.122 e. The fraction of sp³-hybridized carbons (Fsp3) is 0.700. The molecule has 1 aromatic rings. The van der Waals surface area contributed by atoms with Crippen LogP contribution in [0, 0.1) is 0 Å². The van der Waals surface area contributed by atoms with Crippen molar-refractivity contribution in [3.05, 3.63) is 28.8 Å². The van der Waals surface area contributed by atoms with Crippen LogP contribution in [0.25, 0.3) is 0 Å². The lowest BCUT2D eigenvalue weighted by molar-refractivity contribution is 0.402. The Bertz CT molecular complexity index is 493. The van der Waals surface area contributed by atoms with E-state index in [1.165, 1.54) is 43.2 Å². The topological polar surface area (TPSA) is 20.2 Å². The highest BCUT2D eigenvalue weighted by molar-refractivity contribution is 7.99. The zero-order chi connectivity index (χ0) is 16.3. The summed E-state index contributed by atoms with van der Waals surface area (Å²) < 4.78 is 0.